The fourth-order valence-corrected chi connectivity index (χ4v) is 1.03. The van der Waals surface area contributed by atoms with Gasteiger partial charge in [-0.05, 0) is 6.07 Å². The summed E-state index contributed by atoms with van der Waals surface area (Å²) in [6.45, 7) is 0.0494. The van der Waals surface area contributed by atoms with Crippen LogP contribution >= 0.6 is 0 Å². The van der Waals surface area contributed by atoms with Crippen LogP contribution in [0.15, 0.2) is 23.0 Å². The largest absolute Gasteiger partial charge is 0.439 e. The molecule has 0 saturated carbocycles. The molecule has 0 aliphatic carbocycles. The van der Waals surface area contributed by atoms with E-state index in [4.69, 9.17) is 0 Å². The number of cyclic esters (lactones) is 1. The van der Waals surface area contributed by atoms with E-state index in [-0.39, 0.29) is 12.3 Å². The highest BCUT2D eigenvalue weighted by atomic mass is 16.6. The van der Waals surface area contributed by atoms with Gasteiger partial charge in [-0.15, -0.1) is 0 Å². The summed E-state index contributed by atoms with van der Waals surface area (Å²) in [5.41, 5.74) is 0.130. The van der Waals surface area contributed by atoms with E-state index in [1.807, 2.05) is 0 Å². The maximum Gasteiger partial charge on any atom is 0.356 e. The van der Waals surface area contributed by atoms with Crippen molar-refractivity contribution in [1.82, 2.24) is 4.57 Å². The lowest BCUT2D eigenvalue weighted by Crippen LogP contribution is -2.17. The van der Waals surface area contributed by atoms with Gasteiger partial charge in [-0.25, -0.2) is 4.79 Å². The number of carbonyl (C=O) groups excluding carboxylic acids is 1. The van der Waals surface area contributed by atoms with Crippen molar-refractivity contribution in [3.63, 3.8) is 0 Å². The van der Waals surface area contributed by atoms with Crippen molar-refractivity contribution in [1.29, 1.82) is 0 Å². The summed E-state index contributed by atoms with van der Waals surface area (Å²) >= 11 is 0. The second kappa shape index (κ2) is 1.95. The molecule has 0 atom stereocenters. The lowest BCUT2D eigenvalue weighted by Gasteiger charge is -1.93. The molecule has 0 bridgehead atoms. The molecule has 1 aliphatic heterocycles. The van der Waals surface area contributed by atoms with Crippen LogP contribution < -0.4 is 5.56 Å². The number of pyridine rings is 1. The molecule has 11 heavy (non-hydrogen) atoms. The van der Waals surface area contributed by atoms with Crippen LogP contribution in [0.3, 0.4) is 0 Å². The molecule has 4 heteroatoms. The van der Waals surface area contributed by atoms with Crippen molar-refractivity contribution >= 4 is 5.97 Å². The van der Waals surface area contributed by atoms with Gasteiger partial charge in [-0.3, -0.25) is 9.36 Å². The molecule has 0 aromatic carbocycles. The van der Waals surface area contributed by atoms with E-state index in [1.165, 1.54) is 10.6 Å². The molecule has 2 heterocycles. The van der Waals surface area contributed by atoms with Gasteiger partial charge >= 0.3 is 5.97 Å². The standard InChI is InChI=1S/C7H5NO3/c9-6-3-1-2-5-7(10)11-4-8(5)6/h1-3H,4H2. The number of esters is 1. The van der Waals surface area contributed by atoms with Gasteiger partial charge in [0, 0.05) is 6.07 Å². The molecule has 0 radical (unpaired) electrons. The summed E-state index contributed by atoms with van der Waals surface area (Å²) in [7, 11) is 0. The minimum absolute atomic E-state index is 0.0494. The Morgan fingerprint density at radius 1 is 1.36 bits per heavy atom. The number of hydrogen-bond acceptors (Lipinski definition) is 3. The lowest BCUT2D eigenvalue weighted by molar-refractivity contribution is 0.0494. The zero-order chi connectivity index (χ0) is 7.84. The molecule has 56 valence electrons. The monoisotopic (exact) mass is 151 g/mol. The number of fused-ring (bicyclic) bond motifs is 1. The van der Waals surface area contributed by atoms with Crippen LogP contribution in [0.1, 0.15) is 10.5 Å². The quantitative estimate of drug-likeness (QED) is 0.489. The third-order valence-corrected chi connectivity index (χ3v) is 1.58. The van der Waals surface area contributed by atoms with Crippen LogP contribution in [0.2, 0.25) is 0 Å². The molecule has 1 aromatic heterocycles. The SMILES string of the molecule is O=C1OCn2c1cccc2=O. The maximum atomic E-state index is 11.0. The summed E-state index contributed by atoms with van der Waals surface area (Å²) in [4.78, 5) is 21.8. The Bertz CT molecular complexity index is 366. The first kappa shape index (κ1) is 6.15. The molecule has 0 spiro atoms. The van der Waals surface area contributed by atoms with Gasteiger partial charge in [0.15, 0.2) is 6.73 Å². The van der Waals surface area contributed by atoms with Crippen molar-refractivity contribution in [3.05, 3.63) is 34.2 Å². The third-order valence-electron chi connectivity index (χ3n) is 1.58. The summed E-state index contributed by atoms with van der Waals surface area (Å²) in [5, 5.41) is 0. The highest BCUT2D eigenvalue weighted by Crippen LogP contribution is 2.06. The Morgan fingerprint density at radius 2 is 2.18 bits per heavy atom. The van der Waals surface area contributed by atoms with Gasteiger partial charge in [0.2, 0.25) is 0 Å². The Kier molecular flexibility index (Phi) is 1.09. The molecule has 0 saturated heterocycles. The van der Waals surface area contributed by atoms with Crippen molar-refractivity contribution in [2.75, 3.05) is 0 Å². The van der Waals surface area contributed by atoms with Crippen LogP contribution in [0, 0.1) is 0 Å². The molecule has 2 rings (SSSR count). The fraction of sp³-hybridized carbons (Fsp3) is 0.143. The Morgan fingerprint density at radius 3 is 2.91 bits per heavy atom. The summed E-state index contributed by atoms with van der Waals surface area (Å²) in [6, 6.07) is 4.50. The Labute approximate surface area is 62.0 Å². The number of nitrogens with zero attached hydrogens (tertiary/aromatic N) is 1. The number of carbonyl (C=O) groups is 1. The average Bonchev–Trinajstić information content (AvgIpc) is 2.35. The number of rotatable bonds is 0. The minimum atomic E-state index is -0.428. The molecule has 0 unspecified atom stereocenters. The summed E-state index contributed by atoms with van der Waals surface area (Å²) in [5.74, 6) is -0.428. The van der Waals surface area contributed by atoms with Gasteiger partial charge in [-0.1, -0.05) is 6.07 Å². The van der Waals surface area contributed by atoms with Gasteiger partial charge in [0.1, 0.15) is 5.69 Å². The molecule has 4 nitrogen and oxygen atoms in total. The van der Waals surface area contributed by atoms with Gasteiger partial charge in [0.25, 0.3) is 5.56 Å². The van der Waals surface area contributed by atoms with E-state index in [0.717, 1.165) is 0 Å². The van der Waals surface area contributed by atoms with E-state index in [9.17, 15) is 9.59 Å². The van der Waals surface area contributed by atoms with Crippen LogP contribution in [0.5, 0.6) is 0 Å². The van der Waals surface area contributed by atoms with E-state index in [1.54, 1.807) is 12.1 Å². The second-order valence-electron chi connectivity index (χ2n) is 2.24. The molecule has 0 amide bonds. The van der Waals surface area contributed by atoms with Crippen LogP contribution in [-0.2, 0) is 11.5 Å². The number of hydrogen-bond donors (Lipinski definition) is 0. The van der Waals surface area contributed by atoms with E-state index in [0.29, 0.717) is 5.69 Å². The summed E-state index contributed by atoms with van der Waals surface area (Å²) in [6.07, 6.45) is 0. The second-order valence-corrected chi connectivity index (χ2v) is 2.24. The Balaban J connectivity index is 2.76. The number of ether oxygens (including phenoxy) is 1. The minimum Gasteiger partial charge on any atom is -0.439 e. The topological polar surface area (TPSA) is 48.3 Å². The predicted molar refractivity (Wildman–Crippen MR) is 36.1 cm³/mol. The summed E-state index contributed by atoms with van der Waals surface area (Å²) < 4.78 is 5.92. The number of aromatic nitrogens is 1. The molecular formula is C7H5NO3. The van der Waals surface area contributed by atoms with E-state index >= 15 is 0 Å². The van der Waals surface area contributed by atoms with Crippen LogP contribution in [0.25, 0.3) is 0 Å². The van der Waals surface area contributed by atoms with Crippen molar-refractivity contribution in [3.8, 4) is 0 Å². The average molecular weight is 151 g/mol. The van der Waals surface area contributed by atoms with Gasteiger partial charge in [0.05, 0.1) is 0 Å². The van der Waals surface area contributed by atoms with Crippen LogP contribution in [0.4, 0.5) is 0 Å². The van der Waals surface area contributed by atoms with Gasteiger partial charge < -0.3 is 4.74 Å². The zero-order valence-electron chi connectivity index (χ0n) is 5.61. The van der Waals surface area contributed by atoms with Crippen molar-refractivity contribution < 1.29 is 9.53 Å². The maximum absolute atomic E-state index is 11.0. The van der Waals surface area contributed by atoms with Crippen molar-refractivity contribution in [2.45, 2.75) is 6.73 Å². The van der Waals surface area contributed by atoms with Gasteiger partial charge in [-0.2, -0.15) is 0 Å². The molecule has 0 fully saturated rings. The first-order valence-corrected chi connectivity index (χ1v) is 3.16. The van der Waals surface area contributed by atoms with E-state index < -0.39 is 5.97 Å². The third kappa shape index (κ3) is 0.756. The Hall–Kier alpha value is -1.58. The lowest BCUT2D eigenvalue weighted by atomic mass is 10.3. The predicted octanol–water partition coefficient (Wildman–Crippen LogP) is -0.0238. The molecular weight excluding hydrogens is 146 g/mol. The zero-order valence-corrected chi connectivity index (χ0v) is 5.61. The molecule has 0 N–H and O–H groups in total. The normalized spacial score (nSPS) is 14.4. The fourth-order valence-electron chi connectivity index (χ4n) is 1.03. The first-order valence-electron chi connectivity index (χ1n) is 3.16. The first-order chi connectivity index (χ1) is 5.29. The van der Waals surface area contributed by atoms with E-state index in [2.05, 4.69) is 4.74 Å². The highest BCUT2D eigenvalue weighted by molar-refractivity contribution is 5.88. The van der Waals surface area contributed by atoms with Crippen molar-refractivity contribution in [2.24, 2.45) is 0 Å². The molecule has 1 aromatic rings. The van der Waals surface area contributed by atoms with Crippen LogP contribution in [-0.4, -0.2) is 10.5 Å². The highest BCUT2D eigenvalue weighted by Gasteiger charge is 2.20. The molecule has 1 aliphatic rings. The smallest absolute Gasteiger partial charge is 0.356 e.